The van der Waals surface area contributed by atoms with Crippen LogP contribution in [0, 0.1) is 17.3 Å². The molecule has 0 aromatic rings. The van der Waals surface area contributed by atoms with Gasteiger partial charge in [-0.3, -0.25) is 4.79 Å². The van der Waals surface area contributed by atoms with Gasteiger partial charge in [0.25, 0.3) is 0 Å². The van der Waals surface area contributed by atoms with Gasteiger partial charge in [0.2, 0.25) is 0 Å². The van der Waals surface area contributed by atoms with Crippen LogP contribution in [0.1, 0.15) is 27.7 Å². The Kier molecular flexibility index (Phi) is 12.0. The predicted molar refractivity (Wildman–Crippen MR) is 115 cm³/mol. The minimum atomic E-state index is -0.352. The zero-order valence-electron chi connectivity index (χ0n) is 19.6. The minimum Gasteiger partial charge on any atom is -0.463 e. The summed E-state index contributed by atoms with van der Waals surface area (Å²) in [5.74, 6) is -0.0574. The molecule has 1 aliphatic carbocycles. The Labute approximate surface area is 186 Å². The highest BCUT2D eigenvalue weighted by atomic mass is 16.6. The van der Waals surface area contributed by atoms with Crippen molar-refractivity contribution in [2.75, 3.05) is 79.3 Å². The number of carbonyl (C=O) groups excluding carboxylic acids is 1. The maximum absolute atomic E-state index is 12.6. The van der Waals surface area contributed by atoms with Crippen LogP contribution >= 0.6 is 0 Å². The molecule has 1 heterocycles. The van der Waals surface area contributed by atoms with Crippen molar-refractivity contribution in [1.82, 2.24) is 0 Å². The molecule has 8 nitrogen and oxygen atoms in total. The first-order valence-electron chi connectivity index (χ1n) is 11.2. The third-order valence-electron chi connectivity index (χ3n) is 5.46. The van der Waals surface area contributed by atoms with Gasteiger partial charge in [-0.2, -0.15) is 0 Å². The lowest BCUT2D eigenvalue weighted by Crippen LogP contribution is -2.30. The van der Waals surface area contributed by atoms with E-state index in [2.05, 4.69) is 33.8 Å². The maximum Gasteiger partial charge on any atom is 0.310 e. The third kappa shape index (κ3) is 9.97. The molecule has 0 bridgehead atoms. The summed E-state index contributed by atoms with van der Waals surface area (Å²) in [6.07, 6.45) is 1.81. The highest BCUT2D eigenvalue weighted by Gasteiger charge is 2.61. The molecule has 31 heavy (non-hydrogen) atoms. The van der Waals surface area contributed by atoms with E-state index in [1.165, 1.54) is 5.57 Å². The topological polar surface area (TPSA) is 81.7 Å². The molecule has 2 aliphatic rings. The quantitative estimate of drug-likeness (QED) is 0.482. The minimum absolute atomic E-state index is 0.0687. The summed E-state index contributed by atoms with van der Waals surface area (Å²) in [7, 11) is 0. The van der Waals surface area contributed by atoms with Crippen LogP contribution in [0.5, 0.6) is 0 Å². The van der Waals surface area contributed by atoms with Crippen LogP contribution in [0.4, 0.5) is 0 Å². The Morgan fingerprint density at radius 3 is 1.84 bits per heavy atom. The molecular weight excluding hydrogens is 404 g/mol. The van der Waals surface area contributed by atoms with Gasteiger partial charge < -0.3 is 33.2 Å². The van der Waals surface area contributed by atoms with Gasteiger partial charge >= 0.3 is 5.97 Å². The van der Waals surface area contributed by atoms with E-state index in [1.807, 2.05) is 0 Å². The normalized spacial score (nSPS) is 29.2. The summed E-state index contributed by atoms with van der Waals surface area (Å²) >= 11 is 0. The first-order chi connectivity index (χ1) is 14.9. The Morgan fingerprint density at radius 1 is 0.839 bits per heavy atom. The van der Waals surface area contributed by atoms with E-state index in [0.29, 0.717) is 72.7 Å². The molecule has 0 aromatic carbocycles. The molecule has 0 radical (unpaired) electrons. The zero-order valence-corrected chi connectivity index (χ0v) is 19.6. The van der Waals surface area contributed by atoms with Crippen LogP contribution in [0.15, 0.2) is 11.6 Å². The zero-order chi connectivity index (χ0) is 22.5. The monoisotopic (exact) mass is 444 g/mol. The molecule has 2 rings (SSSR count). The van der Waals surface area contributed by atoms with Gasteiger partial charge in [-0.05, 0) is 25.2 Å². The Bertz CT molecular complexity index is 526. The van der Waals surface area contributed by atoms with E-state index in [9.17, 15) is 4.79 Å². The fourth-order valence-corrected chi connectivity index (χ4v) is 3.58. The van der Waals surface area contributed by atoms with Crippen molar-refractivity contribution in [2.24, 2.45) is 17.3 Å². The van der Waals surface area contributed by atoms with Gasteiger partial charge in [0.1, 0.15) is 12.7 Å². The molecule has 2 fully saturated rings. The fraction of sp³-hybridized carbons (Fsp3) is 0.870. The van der Waals surface area contributed by atoms with Crippen molar-refractivity contribution in [3.63, 3.8) is 0 Å². The van der Waals surface area contributed by atoms with Gasteiger partial charge in [0.05, 0.1) is 78.6 Å². The maximum atomic E-state index is 12.6. The average Bonchev–Trinajstić information content (AvgIpc) is 3.25. The van der Waals surface area contributed by atoms with Crippen LogP contribution < -0.4 is 0 Å². The molecule has 0 amide bonds. The number of rotatable bonds is 4. The van der Waals surface area contributed by atoms with E-state index in [-0.39, 0.29) is 35.9 Å². The first kappa shape index (κ1) is 26.2. The number of allylic oxidation sites excluding steroid dienone is 2. The van der Waals surface area contributed by atoms with Crippen molar-refractivity contribution in [2.45, 2.75) is 33.8 Å². The smallest absolute Gasteiger partial charge is 0.310 e. The highest BCUT2D eigenvalue weighted by Crippen LogP contribution is 2.59. The second kappa shape index (κ2) is 14.2. The van der Waals surface area contributed by atoms with Crippen molar-refractivity contribution >= 4 is 5.97 Å². The standard InChI is InChI=1S/C23H40O8/c1-18(2)15-20-21(23(20,3)4)22(24)31-17-19-16-29-12-11-27-8-7-25-5-6-26-9-10-28-13-14-30-19/h15,19-21H,5-14,16-17H2,1-4H3. The Balaban J connectivity index is 1.76. The highest BCUT2D eigenvalue weighted by molar-refractivity contribution is 5.78. The molecule has 0 aromatic heterocycles. The molecular formula is C23H40O8. The van der Waals surface area contributed by atoms with Crippen LogP contribution in [0.2, 0.25) is 0 Å². The van der Waals surface area contributed by atoms with Crippen LogP contribution in [-0.4, -0.2) is 91.4 Å². The molecule has 1 aliphatic heterocycles. The van der Waals surface area contributed by atoms with Crippen molar-refractivity contribution < 1.29 is 38.0 Å². The van der Waals surface area contributed by atoms with Crippen molar-refractivity contribution in [3.05, 3.63) is 11.6 Å². The molecule has 180 valence electrons. The Morgan fingerprint density at radius 2 is 1.32 bits per heavy atom. The number of carbonyl (C=O) groups is 1. The van der Waals surface area contributed by atoms with Gasteiger partial charge in [-0.1, -0.05) is 25.5 Å². The average molecular weight is 445 g/mol. The predicted octanol–water partition coefficient (Wildman–Crippen LogP) is 2.25. The summed E-state index contributed by atoms with van der Waals surface area (Å²) in [5, 5.41) is 0. The second-order valence-corrected chi connectivity index (χ2v) is 8.72. The van der Waals surface area contributed by atoms with Crippen LogP contribution in [0.3, 0.4) is 0 Å². The molecule has 1 saturated heterocycles. The summed E-state index contributed by atoms with van der Waals surface area (Å²) in [4.78, 5) is 12.6. The SMILES string of the molecule is CC(C)=CC1C(C(=O)OCC2COCCOCCOCCOCCOCCO2)C1(C)C. The number of hydrogen-bond acceptors (Lipinski definition) is 8. The van der Waals surface area contributed by atoms with E-state index >= 15 is 0 Å². The summed E-state index contributed by atoms with van der Waals surface area (Å²) < 4.78 is 38.9. The van der Waals surface area contributed by atoms with E-state index < -0.39 is 0 Å². The third-order valence-corrected chi connectivity index (χ3v) is 5.46. The fourth-order valence-electron chi connectivity index (χ4n) is 3.58. The molecule has 0 N–H and O–H groups in total. The number of ether oxygens (including phenoxy) is 7. The van der Waals surface area contributed by atoms with Crippen molar-refractivity contribution in [1.29, 1.82) is 0 Å². The summed E-state index contributed by atoms with van der Waals surface area (Å²) in [6.45, 7) is 13.6. The lowest BCUT2D eigenvalue weighted by Gasteiger charge is -2.19. The summed E-state index contributed by atoms with van der Waals surface area (Å²) in [6, 6.07) is 0. The second-order valence-electron chi connectivity index (χ2n) is 8.72. The summed E-state index contributed by atoms with van der Waals surface area (Å²) in [5.41, 5.74) is 1.15. The van der Waals surface area contributed by atoms with Gasteiger partial charge in [0.15, 0.2) is 0 Å². The number of esters is 1. The lowest BCUT2D eigenvalue weighted by atomic mass is 10.1. The Hall–Kier alpha value is -1.03. The van der Waals surface area contributed by atoms with Crippen molar-refractivity contribution in [3.8, 4) is 0 Å². The lowest BCUT2D eigenvalue weighted by molar-refractivity contribution is -0.153. The molecule has 8 heteroatoms. The first-order valence-corrected chi connectivity index (χ1v) is 11.2. The van der Waals surface area contributed by atoms with Gasteiger partial charge in [-0.25, -0.2) is 0 Å². The van der Waals surface area contributed by atoms with Gasteiger partial charge in [0, 0.05) is 0 Å². The van der Waals surface area contributed by atoms with E-state index in [4.69, 9.17) is 33.2 Å². The molecule has 3 atom stereocenters. The van der Waals surface area contributed by atoms with E-state index in [1.54, 1.807) is 0 Å². The molecule has 1 saturated carbocycles. The largest absolute Gasteiger partial charge is 0.463 e. The number of hydrogen-bond donors (Lipinski definition) is 0. The van der Waals surface area contributed by atoms with Gasteiger partial charge in [-0.15, -0.1) is 0 Å². The molecule has 0 spiro atoms. The molecule has 3 unspecified atom stereocenters. The van der Waals surface area contributed by atoms with E-state index in [0.717, 1.165) is 0 Å². The van der Waals surface area contributed by atoms with Crippen LogP contribution in [-0.2, 0) is 38.0 Å². The van der Waals surface area contributed by atoms with Crippen LogP contribution in [0.25, 0.3) is 0 Å².